The highest BCUT2D eigenvalue weighted by atomic mass is 16.5. The Hall–Kier alpha value is -2.24. The predicted molar refractivity (Wildman–Crippen MR) is 75.8 cm³/mol. The lowest BCUT2D eigenvalue weighted by molar-refractivity contribution is -0.127. The number of carbonyl (C=O) groups excluding carboxylic acids is 1. The van der Waals surface area contributed by atoms with Gasteiger partial charge in [-0.3, -0.25) is 4.79 Å². The van der Waals surface area contributed by atoms with Crippen molar-refractivity contribution in [3.63, 3.8) is 0 Å². The molecule has 0 aliphatic rings. The fourth-order valence-electron chi connectivity index (χ4n) is 1.55. The molecule has 0 aromatic heterocycles. The lowest BCUT2D eigenvalue weighted by Gasteiger charge is -2.16. The fraction of sp³-hybridized carbons (Fsp3) is 0.429. The van der Waals surface area contributed by atoms with Crippen molar-refractivity contribution >= 4 is 17.6 Å². The van der Waals surface area contributed by atoms with E-state index in [1.54, 1.807) is 6.92 Å². The third kappa shape index (κ3) is 4.46. The number of benzene rings is 1. The van der Waals surface area contributed by atoms with Gasteiger partial charge in [0.15, 0.2) is 6.10 Å². The van der Waals surface area contributed by atoms with Crippen LogP contribution >= 0.6 is 0 Å². The van der Waals surface area contributed by atoms with Crippen LogP contribution in [0.25, 0.3) is 0 Å². The number of rotatable bonds is 7. The number of amides is 1. The normalized spacial score (nSPS) is 11.7. The van der Waals surface area contributed by atoms with Gasteiger partial charge in [0, 0.05) is 6.54 Å². The van der Waals surface area contributed by atoms with Gasteiger partial charge in [0.05, 0.1) is 11.3 Å². The van der Waals surface area contributed by atoms with Gasteiger partial charge in [0.1, 0.15) is 5.75 Å². The molecule has 1 rings (SSSR count). The number of carbonyl (C=O) groups is 2. The minimum Gasteiger partial charge on any atom is -0.479 e. The number of nitrogen functional groups attached to an aromatic ring is 1. The van der Waals surface area contributed by atoms with E-state index in [2.05, 4.69) is 5.32 Å². The molecule has 0 spiro atoms. The van der Waals surface area contributed by atoms with Crippen LogP contribution in [-0.2, 0) is 4.79 Å². The summed E-state index contributed by atoms with van der Waals surface area (Å²) >= 11 is 0. The van der Waals surface area contributed by atoms with Gasteiger partial charge in [-0.2, -0.15) is 0 Å². The quantitative estimate of drug-likeness (QED) is 0.520. The lowest BCUT2D eigenvalue weighted by atomic mass is 10.2. The number of hydrogen-bond donors (Lipinski definition) is 3. The monoisotopic (exact) mass is 280 g/mol. The van der Waals surface area contributed by atoms with Crippen LogP contribution in [0.1, 0.15) is 37.0 Å². The molecular formula is C14H20N2O4. The van der Waals surface area contributed by atoms with Crippen molar-refractivity contribution in [3.05, 3.63) is 23.8 Å². The highest BCUT2D eigenvalue weighted by Crippen LogP contribution is 2.24. The Labute approximate surface area is 117 Å². The van der Waals surface area contributed by atoms with E-state index in [0.717, 1.165) is 12.8 Å². The molecule has 1 aromatic rings. The highest BCUT2D eigenvalue weighted by molar-refractivity contribution is 5.89. The van der Waals surface area contributed by atoms with Crippen LogP contribution in [-0.4, -0.2) is 29.6 Å². The average molecular weight is 280 g/mol. The second kappa shape index (κ2) is 7.37. The van der Waals surface area contributed by atoms with Gasteiger partial charge in [-0.05, 0) is 31.5 Å². The van der Waals surface area contributed by atoms with E-state index in [1.807, 2.05) is 6.92 Å². The number of carboxylic acid groups (broad SMARTS) is 1. The zero-order valence-electron chi connectivity index (χ0n) is 11.7. The minimum atomic E-state index is -1.07. The zero-order valence-corrected chi connectivity index (χ0v) is 11.7. The van der Waals surface area contributed by atoms with Crippen molar-refractivity contribution in [2.75, 3.05) is 12.3 Å². The molecule has 1 amide bonds. The summed E-state index contributed by atoms with van der Waals surface area (Å²) < 4.78 is 5.43. The molecule has 0 heterocycles. The van der Waals surface area contributed by atoms with Gasteiger partial charge in [0.2, 0.25) is 0 Å². The number of hydrogen-bond acceptors (Lipinski definition) is 4. The van der Waals surface area contributed by atoms with Crippen molar-refractivity contribution in [1.29, 1.82) is 0 Å². The molecule has 6 nitrogen and oxygen atoms in total. The van der Waals surface area contributed by atoms with E-state index in [4.69, 9.17) is 15.6 Å². The molecule has 0 radical (unpaired) electrons. The van der Waals surface area contributed by atoms with Gasteiger partial charge in [-0.15, -0.1) is 0 Å². The molecule has 0 saturated carbocycles. The molecule has 1 unspecified atom stereocenters. The van der Waals surface area contributed by atoms with Crippen LogP contribution in [0, 0.1) is 0 Å². The minimum absolute atomic E-state index is 0.0628. The standard InChI is InChI=1S/C14H20N2O4/c1-3-4-7-16-13(17)9(2)20-12-8-10(14(18)19)5-6-11(12)15/h5-6,8-9H,3-4,7,15H2,1-2H3,(H,16,17)(H,18,19). The van der Waals surface area contributed by atoms with Crippen molar-refractivity contribution < 1.29 is 19.4 Å². The summed E-state index contributed by atoms with van der Waals surface area (Å²) in [6.07, 6.45) is 1.15. The number of aromatic carboxylic acids is 1. The molecular weight excluding hydrogens is 260 g/mol. The van der Waals surface area contributed by atoms with E-state index in [0.29, 0.717) is 12.2 Å². The second-order valence-electron chi connectivity index (χ2n) is 4.46. The van der Waals surface area contributed by atoms with E-state index in [1.165, 1.54) is 18.2 Å². The van der Waals surface area contributed by atoms with Gasteiger partial charge in [-0.25, -0.2) is 4.79 Å². The van der Waals surface area contributed by atoms with E-state index < -0.39 is 12.1 Å². The Balaban J connectivity index is 2.69. The van der Waals surface area contributed by atoms with Gasteiger partial charge >= 0.3 is 5.97 Å². The third-order valence-corrected chi connectivity index (χ3v) is 2.76. The summed E-state index contributed by atoms with van der Waals surface area (Å²) in [5.74, 6) is -1.13. The molecule has 1 atom stereocenters. The molecule has 110 valence electrons. The first-order chi connectivity index (χ1) is 9.45. The van der Waals surface area contributed by atoms with Crippen LogP contribution in [0.4, 0.5) is 5.69 Å². The number of carboxylic acids is 1. The summed E-state index contributed by atoms with van der Waals surface area (Å²) in [6, 6.07) is 4.14. The third-order valence-electron chi connectivity index (χ3n) is 2.76. The van der Waals surface area contributed by atoms with Crippen molar-refractivity contribution in [2.24, 2.45) is 0 Å². The Bertz CT molecular complexity index is 488. The Morgan fingerprint density at radius 2 is 2.15 bits per heavy atom. The average Bonchev–Trinajstić information content (AvgIpc) is 2.41. The molecule has 0 aliphatic carbocycles. The molecule has 0 bridgehead atoms. The summed E-state index contributed by atoms with van der Waals surface area (Å²) in [7, 11) is 0. The van der Waals surface area contributed by atoms with Gasteiger partial charge in [-0.1, -0.05) is 13.3 Å². The zero-order chi connectivity index (χ0) is 15.1. The molecule has 4 N–H and O–H groups in total. The van der Waals surface area contributed by atoms with Crippen LogP contribution < -0.4 is 15.8 Å². The summed E-state index contributed by atoms with van der Waals surface area (Å²) in [5.41, 5.74) is 6.07. The molecule has 0 fully saturated rings. The van der Waals surface area contributed by atoms with Crippen LogP contribution in [0.15, 0.2) is 18.2 Å². The maximum Gasteiger partial charge on any atom is 0.335 e. The topological polar surface area (TPSA) is 102 Å². The molecule has 20 heavy (non-hydrogen) atoms. The molecule has 0 aliphatic heterocycles. The summed E-state index contributed by atoms with van der Waals surface area (Å²) in [5, 5.41) is 11.7. The Morgan fingerprint density at radius 3 is 2.75 bits per heavy atom. The SMILES string of the molecule is CCCCNC(=O)C(C)Oc1cc(C(=O)O)ccc1N. The molecule has 1 aromatic carbocycles. The number of unbranched alkanes of at least 4 members (excludes halogenated alkanes) is 1. The largest absolute Gasteiger partial charge is 0.479 e. The van der Waals surface area contributed by atoms with E-state index >= 15 is 0 Å². The second-order valence-corrected chi connectivity index (χ2v) is 4.46. The molecule has 0 saturated heterocycles. The maximum atomic E-state index is 11.8. The van der Waals surface area contributed by atoms with Crippen LogP contribution in [0.5, 0.6) is 5.75 Å². The van der Waals surface area contributed by atoms with E-state index in [-0.39, 0.29) is 17.2 Å². The summed E-state index contributed by atoms with van der Waals surface area (Å²) in [6.45, 7) is 4.21. The number of anilines is 1. The summed E-state index contributed by atoms with van der Waals surface area (Å²) in [4.78, 5) is 22.6. The van der Waals surface area contributed by atoms with Crippen molar-refractivity contribution in [2.45, 2.75) is 32.8 Å². The van der Waals surface area contributed by atoms with E-state index in [9.17, 15) is 9.59 Å². The highest BCUT2D eigenvalue weighted by Gasteiger charge is 2.16. The maximum absolute atomic E-state index is 11.8. The van der Waals surface area contributed by atoms with Crippen LogP contribution in [0.3, 0.4) is 0 Å². The number of nitrogens with one attached hydrogen (secondary N) is 1. The lowest BCUT2D eigenvalue weighted by Crippen LogP contribution is -2.36. The molecule has 6 heteroatoms. The number of ether oxygens (including phenoxy) is 1. The number of nitrogens with two attached hydrogens (primary N) is 1. The van der Waals surface area contributed by atoms with Crippen molar-refractivity contribution in [3.8, 4) is 5.75 Å². The fourth-order valence-corrected chi connectivity index (χ4v) is 1.55. The smallest absolute Gasteiger partial charge is 0.335 e. The van der Waals surface area contributed by atoms with Crippen LogP contribution in [0.2, 0.25) is 0 Å². The Morgan fingerprint density at radius 1 is 1.45 bits per heavy atom. The van der Waals surface area contributed by atoms with Gasteiger partial charge in [0.25, 0.3) is 5.91 Å². The first-order valence-corrected chi connectivity index (χ1v) is 6.53. The predicted octanol–water partition coefficient (Wildman–Crippen LogP) is 1.65. The van der Waals surface area contributed by atoms with Gasteiger partial charge < -0.3 is 20.9 Å². The first-order valence-electron chi connectivity index (χ1n) is 6.53. The first kappa shape index (κ1) is 15.8. The van der Waals surface area contributed by atoms with Crippen molar-refractivity contribution in [1.82, 2.24) is 5.32 Å². The Kier molecular flexibility index (Phi) is 5.83.